The van der Waals surface area contributed by atoms with Crippen LogP contribution in [0.5, 0.6) is 0 Å². The van der Waals surface area contributed by atoms with Gasteiger partial charge in [-0.1, -0.05) is 0 Å². The molecule has 1 aliphatic heterocycles. The fraction of sp³-hybridized carbons (Fsp3) is 0. The Morgan fingerprint density at radius 1 is 1.15 bits per heavy atom. The molecule has 1 aliphatic rings. The molecular weight excluding hydrogens is 170 g/mol. The Kier molecular flexibility index (Phi) is 1.40. The maximum Gasteiger partial charge on any atom is 0.346 e. The van der Waals surface area contributed by atoms with Crippen molar-refractivity contribution in [2.75, 3.05) is 0 Å². The van der Waals surface area contributed by atoms with Crippen LogP contribution in [0.15, 0.2) is 18.2 Å². The quantitative estimate of drug-likeness (QED) is 0.431. The van der Waals surface area contributed by atoms with E-state index in [1.807, 2.05) is 6.07 Å². The predicted octanol–water partition coefficient (Wildman–Crippen LogP) is 0.869. The first-order valence-corrected chi connectivity index (χ1v) is 3.53. The summed E-state index contributed by atoms with van der Waals surface area (Å²) in [7, 11) is 0. The SMILES string of the molecule is N#Cc1ccc2c(c1)C(=O)OC2=O. The highest BCUT2D eigenvalue weighted by Gasteiger charge is 2.29. The molecule has 0 spiro atoms. The van der Waals surface area contributed by atoms with Gasteiger partial charge < -0.3 is 4.74 Å². The molecule has 13 heavy (non-hydrogen) atoms. The molecule has 0 N–H and O–H groups in total. The van der Waals surface area contributed by atoms with E-state index in [4.69, 9.17) is 5.26 Å². The third-order valence-corrected chi connectivity index (χ3v) is 1.77. The van der Waals surface area contributed by atoms with Gasteiger partial charge >= 0.3 is 11.9 Å². The summed E-state index contributed by atoms with van der Waals surface area (Å²) in [4.78, 5) is 21.9. The Morgan fingerprint density at radius 3 is 2.54 bits per heavy atom. The normalized spacial score (nSPS) is 13.5. The second kappa shape index (κ2) is 2.42. The molecule has 0 aliphatic carbocycles. The second-order valence-corrected chi connectivity index (χ2v) is 2.55. The molecule has 62 valence electrons. The smallest absolute Gasteiger partial charge is 0.346 e. The van der Waals surface area contributed by atoms with Crippen molar-refractivity contribution in [3.8, 4) is 6.07 Å². The molecule has 1 heterocycles. The number of esters is 2. The van der Waals surface area contributed by atoms with Gasteiger partial charge in [0.15, 0.2) is 0 Å². The molecule has 0 fully saturated rings. The average Bonchev–Trinajstić information content (AvgIpc) is 2.42. The van der Waals surface area contributed by atoms with E-state index in [-0.39, 0.29) is 11.1 Å². The van der Waals surface area contributed by atoms with E-state index in [2.05, 4.69) is 4.74 Å². The van der Waals surface area contributed by atoms with Gasteiger partial charge in [-0.05, 0) is 18.2 Å². The van der Waals surface area contributed by atoms with E-state index in [9.17, 15) is 9.59 Å². The van der Waals surface area contributed by atoms with Crippen LogP contribution in [-0.4, -0.2) is 11.9 Å². The molecule has 4 heteroatoms. The minimum absolute atomic E-state index is 0.170. The summed E-state index contributed by atoms with van der Waals surface area (Å²) in [5.74, 6) is -1.33. The van der Waals surface area contributed by atoms with Crippen LogP contribution < -0.4 is 0 Å². The minimum Gasteiger partial charge on any atom is -0.386 e. The van der Waals surface area contributed by atoms with Crippen molar-refractivity contribution in [1.82, 2.24) is 0 Å². The number of rotatable bonds is 0. The number of benzene rings is 1. The standard InChI is InChI=1S/C9H3NO3/c10-4-5-1-2-6-7(3-5)9(12)13-8(6)11/h1-3H. The lowest BCUT2D eigenvalue weighted by Crippen LogP contribution is -1.96. The summed E-state index contributed by atoms with van der Waals surface area (Å²) in [6.07, 6.45) is 0. The molecule has 0 amide bonds. The van der Waals surface area contributed by atoms with Crippen LogP contribution in [0.3, 0.4) is 0 Å². The number of hydrogen-bond donors (Lipinski definition) is 0. The van der Waals surface area contributed by atoms with E-state index in [0.29, 0.717) is 5.56 Å². The summed E-state index contributed by atoms with van der Waals surface area (Å²) < 4.78 is 4.34. The summed E-state index contributed by atoms with van der Waals surface area (Å²) >= 11 is 0. The monoisotopic (exact) mass is 173 g/mol. The first-order chi connectivity index (χ1) is 6.22. The number of ether oxygens (including phenoxy) is 1. The maximum atomic E-state index is 11.0. The van der Waals surface area contributed by atoms with Gasteiger partial charge in [-0.15, -0.1) is 0 Å². The Hall–Kier alpha value is -2.15. The van der Waals surface area contributed by atoms with Crippen LogP contribution >= 0.6 is 0 Å². The highest BCUT2D eigenvalue weighted by atomic mass is 16.6. The van der Waals surface area contributed by atoms with Gasteiger partial charge in [-0.2, -0.15) is 5.26 Å². The number of carbonyl (C=O) groups excluding carboxylic acids is 2. The molecule has 0 unspecified atom stereocenters. The van der Waals surface area contributed by atoms with Crippen LogP contribution in [0.1, 0.15) is 26.3 Å². The van der Waals surface area contributed by atoms with Crippen LogP contribution in [-0.2, 0) is 4.74 Å². The summed E-state index contributed by atoms with van der Waals surface area (Å²) in [5, 5.41) is 8.53. The highest BCUT2D eigenvalue weighted by molar-refractivity contribution is 6.14. The van der Waals surface area contributed by atoms with Gasteiger partial charge in [0.2, 0.25) is 0 Å². The van der Waals surface area contributed by atoms with Gasteiger partial charge in [0, 0.05) is 0 Å². The zero-order chi connectivity index (χ0) is 9.42. The fourth-order valence-electron chi connectivity index (χ4n) is 1.15. The third kappa shape index (κ3) is 0.983. The van der Waals surface area contributed by atoms with Crippen molar-refractivity contribution >= 4 is 11.9 Å². The fourth-order valence-corrected chi connectivity index (χ4v) is 1.15. The lowest BCUT2D eigenvalue weighted by molar-refractivity contribution is 0.0444. The molecule has 4 nitrogen and oxygen atoms in total. The van der Waals surface area contributed by atoms with E-state index in [0.717, 1.165) is 0 Å². The molecule has 0 saturated carbocycles. The van der Waals surface area contributed by atoms with Crippen molar-refractivity contribution in [2.45, 2.75) is 0 Å². The van der Waals surface area contributed by atoms with Gasteiger partial charge in [-0.3, -0.25) is 0 Å². The van der Waals surface area contributed by atoms with Crippen molar-refractivity contribution in [3.63, 3.8) is 0 Å². The number of hydrogen-bond acceptors (Lipinski definition) is 4. The first kappa shape index (κ1) is 7.50. The van der Waals surface area contributed by atoms with Crippen molar-refractivity contribution in [2.24, 2.45) is 0 Å². The van der Waals surface area contributed by atoms with Crippen molar-refractivity contribution in [3.05, 3.63) is 34.9 Å². The number of fused-ring (bicyclic) bond motifs is 1. The van der Waals surface area contributed by atoms with Crippen LogP contribution in [0, 0.1) is 11.3 Å². The van der Waals surface area contributed by atoms with Crippen molar-refractivity contribution < 1.29 is 14.3 Å². The minimum atomic E-state index is -0.683. The molecule has 0 radical (unpaired) electrons. The lowest BCUT2D eigenvalue weighted by atomic mass is 10.1. The zero-order valence-electron chi connectivity index (χ0n) is 6.40. The Balaban J connectivity index is 2.67. The number of carbonyl (C=O) groups is 2. The zero-order valence-corrected chi connectivity index (χ0v) is 6.40. The van der Waals surface area contributed by atoms with Crippen LogP contribution in [0.2, 0.25) is 0 Å². The van der Waals surface area contributed by atoms with E-state index >= 15 is 0 Å². The second-order valence-electron chi connectivity index (χ2n) is 2.55. The van der Waals surface area contributed by atoms with E-state index in [1.54, 1.807) is 0 Å². The molecule has 0 bridgehead atoms. The summed E-state index contributed by atoms with van der Waals surface area (Å²) in [6.45, 7) is 0. The largest absolute Gasteiger partial charge is 0.386 e. The number of cyclic esters (lactones) is 2. The summed E-state index contributed by atoms with van der Waals surface area (Å²) in [5.41, 5.74) is 0.735. The summed E-state index contributed by atoms with van der Waals surface area (Å²) in [6, 6.07) is 6.11. The lowest BCUT2D eigenvalue weighted by Gasteiger charge is -1.90. The Morgan fingerprint density at radius 2 is 1.85 bits per heavy atom. The molecule has 1 aromatic carbocycles. The maximum absolute atomic E-state index is 11.0. The first-order valence-electron chi connectivity index (χ1n) is 3.53. The topological polar surface area (TPSA) is 67.2 Å². The molecule has 2 rings (SSSR count). The van der Waals surface area contributed by atoms with E-state index in [1.165, 1.54) is 18.2 Å². The molecule has 0 atom stereocenters. The molecule has 1 aromatic rings. The van der Waals surface area contributed by atoms with Crippen molar-refractivity contribution in [1.29, 1.82) is 5.26 Å². The predicted molar refractivity (Wildman–Crippen MR) is 40.9 cm³/mol. The van der Waals surface area contributed by atoms with Crippen LogP contribution in [0.4, 0.5) is 0 Å². The Bertz CT molecular complexity index is 456. The molecule has 0 aromatic heterocycles. The third-order valence-electron chi connectivity index (χ3n) is 1.77. The average molecular weight is 173 g/mol. The number of nitriles is 1. The molecular formula is C9H3NO3. The molecule has 0 saturated heterocycles. The number of nitrogens with zero attached hydrogens (tertiary/aromatic N) is 1. The van der Waals surface area contributed by atoms with Gasteiger partial charge in [0.25, 0.3) is 0 Å². The Labute approximate surface area is 73.3 Å². The highest BCUT2D eigenvalue weighted by Crippen LogP contribution is 2.20. The van der Waals surface area contributed by atoms with Gasteiger partial charge in [0.05, 0.1) is 22.8 Å². The van der Waals surface area contributed by atoms with E-state index < -0.39 is 11.9 Å². The van der Waals surface area contributed by atoms with Crippen LogP contribution in [0.25, 0.3) is 0 Å². The van der Waals surface area contributed by atoms with Gasteiger partial charge in [0.1, 0.15) is 0 Å². The van der Waals surface area contributed by atoms with Gasteiger partial charge in [-0.25, -0.2) is 9.59 Å².